The molecule has 0 saturated heterocycles. The van der Waals surface area contributed by atoms with Gasteiger partial charge in [0.2, 0.25) is 17.7 Å². The number of hydrogen-bond acceptors (Lipinski definition) is 8. The maximum absolute atomic E-state index is 12.3. The summed E-state index contributed by atoms with van der Waals surface area (Å²) in [5.74, 6) is -5.55. The number of carbonyl (C=O) groups excluding carboxylic acids is 3. The van der Waals surface area contributed by atoms with E-state index < -0.39 is 60.2 Å². The fraction of sp³-hybridized carbons (Fsp3) is 0.625. The monoisotopic (exact) mass is 463 g/mol. The van der Waals surface area contributed by atoms with Crippen LogP contribution in [0.1, 0.15) is 26.2 Å². The third kappa shape index (κ3) is 11.6. The van der Waals surface area contributed by atoms with Crippen molar-refractivity contribution in [2.24, 2.45) is 22.2 Å². The molecular formula is C16H29N7O7S. The zero-order valence-corrected chi connectivity index (χ0v) is 17.8. The molecule has 11 N–H and O–H groups in total. The predicted octanol–water partition coefficient (Wildman–Crippen LogP) is -3.67. The average Bonchev–Trinajstić information content (AvgIpc) is 2.67. The first kappa shape index (κ1) is 27.9. The fourth-order valence-corrected chi connectivity index (χ4v) is 2.43. The number of nitrogens with zero attached hydrogens (tertiary/aromatic N) is 1. The third-order valence-corrected chi connectivity index (χ3v) is 4.23. The van der Waals surface area contributed by atoms with Gasteiger partial charge in [-0.25, -0.2) is 4.79 Å². The number of aliphatic carboxylic acids is 2. The number of aliphatic imine (C=N–C) groups is 1. The van der Waals surface area contributed by atoms with Gasteiger partial charge in [-0.15, -0.1) is 0 Å². The van der Waals surface area contributed by atoms with Crippen LogP contribution in [0.4, 0.5) is 0 Å². The molecule has 0 fully saturated rings. The Kier molecular flexibility index (Phi) is 12.6. The first-order valence-electron chi connectivity index (χ1n) is 9.16. The van der Waals surface area contributed by atoms with Gasteiger partial charge in [0.05, 0.1) is 12.5 Å². The summed E-state index contributed by atoms with van der Waals surface area (Å²) in [6, 6.07) is -4.93. The summed E-state index contributed by atoms with van der Waals surface area (Å²) < 4.78 is 0. The summed E-state index contributed by atoms with van der Waals surface area (Å²) in [5, 5.41) is 24.4. The lowest BCUT2D eigenvalue weighted by Gasteiger charge is -2.22. The first-order chi connectivity index (χ1) is 14.4. The summed E-state index contributed by atoms with van der Waals surface area (Å²) in [4.78, 5) is 62.1. The molecule has 0 bridgehead atoms. The Balaban J connectivity index is 4.73. The van der Waals surface area contributed by atoms with Crippen LogP contribution in [0.2, 0.25) is 0 Å². The van der Waals surface area contributed by atoms with Crippen molar-refractivity contribution in [2.45, 2.75) is 50.4 Å². The van der Waals surface area contributed by atoms with Crippen LogP contribution in [0.3, 0.4) is 0 Å². The normalized spacial score (nSPS) is 14.3. The standard InChI is InChI=1S/C16H29N7O7S/c1-7(21-13(27)8(17)3-2-4-20-16(18)19)12(26)23-10(6-31)14(28)22-9(15(29)30)5-11(24)25/h7-10,31H,2-6,17H2,1H3,(H,21,27)(H,22,28)(H,23,26)(H,24,25)(H,29,30)(H4,18,19,20). The highest BCUT2D eigenvalue weighted by Crippen LogP contribution is 1.99. The molecular weight excluding hydrogens is 434 g/mol. The smallest absolute Gasteiger partial charge is 0.326 e. The zero-order valence-electron chi connectivity index (χ0n) is 16.9. The van der Waals surface area contributed by atoms with E-state index in [1.54, 1.807) is 0 Å². The molecule has 0 rings (SSSR count). The van der Waals surface area contributed by atoms with Crippen LogP contribution >= 0.6 is 12.6 Å². The van der Waals surface area contributed by atoms with E-state index in [-0.39, 0.29) is 24.7 Å². The van der Waals surface area contributed by atoms with Crippen molar-refractivity contribution < 1.29 is 34.2 Å². The number of carboxylic acids is 2. The van der Waals surface area contributed by atoms with E-state index >= 15 is 0 Å². The Morgan fingerprint density at radius 1 is 0.968 bits per heavy atom. The van der Waals surface area contributed by atoms with Crippen LogP contribution < -0.4 is 33.2 Å². The van der Waals surface area contributed by atoms with Gasteiger partial charge < -0.3 is 43.4 Å². The number of carboxylic acid groups (broad SMARTS) is 2. The lowest BCUT2D eigenvalue weighted by Crippen LogP contribution is -2.57. The Bertz CT molecular complexity index is 700. The number of carbonyl (C=O) groups is 5. The molecule has 4 unspecified atom stereocenters. The van der Waals surface area contributed by atoms with E-state index in [0.717, 1.165) is 0 Å². The molecule has 15 heteroatoms. The Hall–Kier alpha value is -3.07. The summed E-state index contributed by atoms with van der Waals surface area (Å²) in [6.45, 7) is 1.65. The van der Waals surface area contributed by atoms with Gasteiger partial charge in [-0.05, 0) is 19.8 Å². The molecule has 0 saturated carbocycles. The van der Waals surface area contributed by atoms with Crippen molar-refractivity contribution in [3.8, 4) is 0 Å². The highest BCUT2D eigenvalue weighted by molar-refractivity contribution is 7.80. The average molecular weight is 464 g/mol. The molecule has 0 spiro atoms. The Morgan fingerprint density at radius 3 is 2.03 bits per heavy atom. The van der Waals surface area contributed by atoms with Crippen molar-refractivity contribution in [1.29, 1.82) is 0 Å². The third-order valence-electron chi connectivity index (χ3n) is 3.87. The molecule has 176 valence electrons. The minimum atomic E-state index is -1.68. The second kappa shape index (κ2) is 14.0. The molecule has 0 aromatic heterocycles. The molecule has 0 aromatic carbocycles. The molecule has 0 aromatic rings. The van der Waals surface area contributed by atoms with Gasteiger partial charge in [-0.2, -0.15) is 12.6 Å². The summed E-state index contributed by atoms with van der Waals surface area (Å²) in [5.41, 5.74) is 16.1. The molecule has 0 radical (unpaired) electrons. The van der Waals surface area contributed by atoms with E-state index in [1.807, 2.05) is 5.32 Å². The van der Waals surface area contributed by atoms with Crippen LogP contribution in [-0.4, -0.2) is 82.3 Å². The van der Waals surface area contributed by atoms with Gasteiger partial charge >= 0.3 is 11.9 Å². The highest BCUT2D eigenvalue weighted by atomic mass is 32.1. The van der Waals surface area contributed by atoms with Gasteiger partial charge in [0, 0.05) is 12.3 Å². The maximum atomic E-state index is 12.3. The lowest BCUT2D eigenvalue weighted by molar-refractivity contribution is -0.147. The predicted molar refractivity (Wildman–Crippen MR) is 113 cm³/mol. The second-order valence-corrected chi connectivity index (χ2v) is 6.89. The molecule has 0 heterocycles. The van der Waals surface area contributed by atoms with Crippen molar-refractivity contribution in [3.63, 3.8) is 0 Å². The van der Waals surface area contributed by atoms with Gasteiger partial charge in [0.1, 0.15) is 18.1 Å². The number of hydrogen-bond donors (Lipinski definition) is 9. The summed E-state index contributed by atoms with van der Waals surface area (Å²) in [6.07, 6.45) is -0.142. The topological polar surface area (TPSA) is 252 Å². The van der Waals surface area contributed by atoms with E-state index in [0.29, 0.717) is 6.42 Å². The van der Waals surface area contributed by atoms with Crippen LogP contribution in [-0.2, 0) is 24.0 Å². The first-order valence-corrected chi connectivity index (χ1v) is 9.79. The fourth-order valence-electron chi connectivity index (χ4n) is 2.17. The summed E-state index contributed by atoms with van der Waals surface area (Å²) in [7, 11) is 0. The minimum Gasteiger partial charge on any atom is -0.481 e. The van der Waals surface area contributed by atoms with Crippen LogP contribution in [0.5, 0.6) is 0 Å². The van der Waals surface area contributed by atoms with Gasteiger partial charge in [-0.3, -0.25) is 24.2 Å². The van der Waals surface area contributed by atoms with Crippen LogP contribution in [0.25, 0.3) is 0 Å². The largest absolute Gasteiger partial charge is 0.481 e. The molecule has 4 atom stereocenters. The number of amides is 3. The lowest BCUT2D eigenvalue weighted by atomic mass is 10.1. The number of nitrogens with two attached hydrogens (primary N) is 3. The maximum Gasteiger partial charge on any atom is 0.326 e. The van der Waals surface area contributed by atoms with Crippen LogP contribution in [0.15, 0.2) is 4.99 Å². The van der Waals surface area contributed by atoms with Gasteiger partial charge in [0.15, 0.2) is 5.96 Å². The van der Waals surface area contributed by atoms with Crippen molar-refractivity contribution in [2.75, 3.05) is 12.3 Å². The SMILES string of the molecule is CC(NC(=O)C(N)CCCN=C(N)N)C(=O)NC(CS)C(=O)NC(CC(=O)O)C(=O)O. The number of thiol groups is 1. The Morgan fingerprint density at radius 2 is 1.55 bits per heavy atom. The molecule has 14 nitrogen and oxygen atoms in total. The molecule has 0 aliphatic carbocycles. The number of rotatable bonds is 14. The van der Waals surface area contributed by atoms with E-state index in [2.05, 4.69) is 28.3 Å². The molecule has 3 amide bonds. The molecule has 0 aliphatic heterocycles. The van der Waals surface area contributed by atoms with E-state index in [1.165, 1.54) is 6.92 Å². The van der Waals surface area contributed by atoms with Crippen LogP contribution in [0, 0.1) is 0 Å². The Labute approximate surface area is 183 Å². The van der Waals surface area contributed by atoms with Gasteiger partial charge in [-0.1, -0.05) is 0 Å². The molecule has 31 heavy (non-hydrogen) atoms. The quantitative estimate of drug-likeness (QED) is 0.0528. The number of guanidine groups is 1. The van der Waals surface area contributed by atoms with E-state index in [9.17, 15) is 24.0 Å². The zero-order chi connectivity index (χ0) is 24.1. The number of nitrogens with one attached hydrogen (secondary N) is 3. The van der Waals surface area contributed by atoms with Crippen molar-refractivity contribution >= 4 is 48.2 Å². The van der Waals surface area contributed by atoms with E-state index in [4.69, 9.17) is 27.4 Å². The summed E-state index contributed by atoms with van der Waals surface area (Å²) >= 11 is 3.93. The minimum absolute atomic E-state index is 0.0799. The second-order valence-electron chi connectivity index (χ2n) is 6.53. The molecule has 0 aliphatic rings. The van der Waals surface area contributed by atoms with Crippen molar-refractivity contribution in [1.82, 2.24) is 16.0 Å². The van der Waals surface area contributed by atoms with Crippen molar-refractivity contribution in [3.05, 3.63) is 0 Å². The highest BCUT2D eigenvalue weighted by Gasteiger charge is 2.29. The van der Waals surface area contributed by atoms with Gasteiger partial charge in [0.25, 0.3) is 0 Å².